The zero-order valence-corrected chi connectivity index (χ0v) is 49.8. The fourth-order valence-electron chi connectivity index (χ4n) is 10.8. The van der Waals surface area contributed by atoms with Crippen molar-refractivity contribution >= 4 is 44.6 Å². The van der Waals surface area contributed by atoms with Crippen LogP contribution in [0.4, 0.5) is 22.7 Å². The van der Waals surface area contributed by atoms with Gasteiger partial charge in [-0.05, 0) is 114 Å². The molecule has 1 aliphatic rings. The van der Waals surface area contributed by atoms with E-state index in [-0.39, 0.29) is 42.7 Å². The number of fused-ring (bicyclic) bond motifs is 4. The number of hydrogen-bond acceptors (Lipinski definition) is 4. The van der Waals surface area contributed by atoms with Gasteiger partial charge in [-0.3, -0.25) is 0 Å². The van der Waals surface area contributed by atoms with E-state index in [2.05, 4.69) is 299 Å². The number of rotatable bonds is 10. The summed E-state index contributed by atoms with van der Waals surface area (Å²) in [6.07, 6.45) is 1.92. The van der Waals surface area contributed by atoms with Crippen molar-refractivity contribution in [3.8, 4) is 28.4 Å². The largest absolute Gasteiger partial charge is 0.509 e. The van der Waals surface area contributed by atoms with Crippen molar-refractivity contribution in [1.82, 2.24) is 9.55 Å². The maximum atomic E-state index is 7.13. The normalized spacial score (nSPS) is 13.2. The zero-order valence-electron chi connectivity index (χ0n) is 47.5. The predicted molar refractivity (Wildman–Crippen MR) is 323 cm³/mol. The summed E-state index contributed by atoms with van der Waals surface area (Å²) in [4.78, 5) is 9.70. The summed E-state index contributed by atoms with van der Waals surface area (Å²) in [5.74, 6) is 2.02. The molecule has 0 unspecified atom stereocenters. The number of ether oxygens (including phenoxy) is 1. The van der Waals surface area contributed by atoms with E-state index in [1.54, 1.807) is 0 Å². The van der Waals surface area contributed by atoms with Gasteiger partial charge in [0.1, 0.15) is 5.82 Å². The van der Waals surface area contributed by atoms with E-state index in [1.165, 1.54) is 38.9 Å². The number of aromatic nitrogens is 2. The van der Waals surface area contributed by atoms with Crippen LogP contribution < -0.4 is 14.5 Å². The van der Waals surface area contributed by atoms with Crippen LogP contribution in [0.5, 0.6) is 11.5 Å². The van der Waals surface area contributed by atoms with Crippen molar-refractivity contribution in [1.29, 1.82) is 0 Å². The van der Waals surface area contributed by atoms with Gasteiger partial charge < -0.3 is 19.1 Å². The molecular weight excluding hydrogens is 1130 g/mol. The first kappa shape index (κ1) is 54.2. The molecule has 3 heterocycles. The fourth-order valence-corrected chi connectivity index (χ4v) is 10.8. The minimum Gasteiger partial charge on any atom is -0.509 e. The third-order valence-electron chi connectivity index (χ3n) is 16.0. The van der Waals surface area contributed by atoms with Crippen molar-refractivity contribution in [2.75, 3.05) is 9.80 Å². The van der Waals surface area contributed by atoms with Crippen LogP contribution in [0.1, 0.15) is 129 Å². The maximum absolute atomic E-state index is 7.13. The molecule has 0 saturated heterocycles. The van der Waals surface area contributed by atoms with Crippen LogP contribution in [0.25, 0.3) is 38.8 Å². The van der Waals surface area contributed by atoms with Gasteiger partial charge in [-0.15, -0.1) is 53.6 Å². The molecule has 0 radical (unpaired) electrons. The Morgan fingerprint density at radius 1 is 0.423 bits per heavy atom. The third-order valence-corrected chi connectivity index (χ3v) is 16.0. The SMILES string of the molecule is CC(C)(C)c1cc(N2[CH-]N(c3[c-]c(Oc4[c-]c5c(cc4)c4cc(-c6ccccc6)ccc4n5-c4cc(C(C)(C)C)ccn4)cc(C(C)(C)c4ccccc4)c3)c3ccc(C(C)(C)C)cc32)cc(C(C)(C)c2ccccc2)c1.[Pt]. The molecule has 5 nitrogen and oxygen atoms in total. The van der Waals surface area contributed by atoms with Crippen LogP contribution in [0.3, 0.4) is 0 Å². The first-order valence-electron chi connectivity index (χ1n) is 27.2. The Balaban J connectivity index is 0.00000688. The summed E-state index contributed by atoms with van der Waals surface area (Å²) in [5.41, 5.74) is 16.1. The summed E-state index contributed by atoms with van der Waals surface area (Å²) < 4.78 is 9.37. The van der Waals surface area contributed by atoms with Gasteiger partial charge >= 0.3 is 0 Å². The van der Waals surface area contributed by atoms with Crippen molar-refractivity contribution in [3.63, 3.8) is 0 Å². The van der Waals surface area contributed by atoms with Gasteiger partial charge in [0, 0.05) is 66.8 Å². The van der Waals surface area contributed by atoms with Crippen LogP contribution in [0, 0.1) is 18.8 Å². The molecular formula is C72H71N4OPt-3. The molecule has 0 saturated carbocycles. The van der Waals surface area contributed by atoms with Crippen molar-refractivity contribution in [2.24, 2.45) is 0 Å². The molecule has 0 atom stereocenters. The minimum absolute atomic E-state index is 0. The molecule has 11 rings (SSSR count). The summed E-state index contributed by atoms with van der Waals surface area (Å²) in [7, 11) is 0. The van der Waals surface area contributed by atoms with Crippen LogP contribution in [0.15, 0.2) is 188 Å². The van der Waals surface area contributed by atoms with E-state index in [0.29, 0.717) is 11.5 Å². The second-order valence-corrected chi connectivity index (χ2v) is 25.2. The van der Waals surface area contributed by atoms with E-state index < -0.39 is 5.41 Å². The van der Waals surface area contributed by atoms with Crippen LogP contribution in [-0.2, 0) is 48.1 Å². The fraction of sp³-hybridized carbons (Fsp3) is 0.250. The Morgan fingerprint density at radius 2 is 1.01 bits per heavy atom. The molecule has 0 spiro atoms. The molecule has 78 heavy (non-hydrogen) atoms. The first-order chi connectivity index (χ1) is 36.5. The average Bonchev–Trinajstić information content (AvgIpc) is 4.09. The number of anilines is 4. The molecule has 0 amide bonds. The van der Waals surface area contributed by atoms with E-state index in [1.807, 2.05) is 12.3 Å². The summed E-state index contributed by atoms with van der Waals surface area (Å²) in [5, 5.41) is 2.19. The van der Waals surface area contributed by atoms with Gasteiger partial charge in [0.2, 0.25) is 0 Å². The van der Waals surface area contributed by atoms with Gasteiger partial charge in [-0.1, -0.05) is 211 Å². The molecule has 398 valence electrons. The number of benzene rings is 8. The quantitative estimate of drug-likeness (QED) is 0.128. The van der Waals surface area contributed by atoms with E-state index in [4.69, 9.17) is 9.72 Å². The number of pyridine rings is 1. The third kappa shape index (κ3) is 10.2. The molecule has 10 aromatic rings. The average molecular weight is 1200 g/mol. The molecule has 6 heteroatoms. The van der Waals surface area contributed by atoms with E-state index in [9.17, 15) is 0 Å². The predicted octanol–water partition coefficient (Wildman–Crippen LogP) is 19.2. The van der Waals surface area contributed by atoms with Crippen LogP contribution in [0.2, 0.25) is 0 Å². The second kappa shape index (κ2) is 20.2. The van der Waals surface area contributed by atoms with Crippen molar-refractivity contribution < 1.29 is 25.8 Å². The molecule has 0 aliphatic carbocycles. The van der Waals surface area contributed by atoms with Crippen molar-refractivity contribution in [3.05, 3.63) is 246 Å². The van der Waals surface area contributed by atoms with Crippen molar-refractivity contribution in [2.45, 2.75) is 117 Å². The minimum atomic E-state index is -0.402. The molecule has 2 aromatic heterocycles. The number of nitrogens with zero attached hydrogens (tertiary/aromatic N) is 4. The van der Waals surface area contributed by atoms with Gasteiger partial charge in [0.05, 0.1) is 0 Å². The Labute approximate surface area is 478 Å². The maximum Gasteiger partial charge on any atom is 0.135 e. The van der Waals surface area contributed by atoms with Crippen LogP contribution in [-0.4, -0.2) is 9.55 Å². The van der Waals surface area contributed by atoms with Gasteiger partial charge in [0.15, 0.2) is 0 Å². The molecule has 8 aromatic carbocycles. The van der Waals surface area contributed by atoms with Gasteiger partial charge in [-0.2, -0.15) is 6.07 Å². The standard InChI is InChI=1S/C72H71N4O.Pt/c1-68(2,3)52-30-34-64-66(43-52)75(57-39-54(70(7,8)9)38-55(40-57)71(10,11)50-25-19-15-20-26-50)47-74(64)58-41-56(72(12,13)51-27-21-16-22-28-51)42-60(45-58)77-59-31-32-61-62-37-49(48-23-17-14-18-24-48)29-33-63(62)76(65(61)46-59)67-44-53(35-36-73-67)69(4,5)6;/h14-44,47H,1-13H3;/q-3;. The summed E-state index contributed by atoms with van der Waals surface area (Å²) >= 11 is 0. The van der Waals surface area contributed by atoms with Gasteiger partial charge in [-0.25, -0.2) is 4.98 Å². The summed E-state index contributed by atoms with van der Waals surface area (Å²) in [6, 6.07) is 73.7. The molecule has 0 bridgehead atoms. The number of hydrogen-bond donors (Lipinski definition) is 0. The first-order valence-corrected chi connectivity index (χ1v) is 27.2. The Bertz CT molecular complexity index is 3820. The molecule has 0 N–H and O–H groups in total. The Morgan fingerprint density at radius 3 is 1.64 bits per heavy atom. The monoisotopic (exact) mass is 1200 g/mol. The van der Waals surface area contributed by atoms with E-state index in [0.717, 1.165) is 61.5 Å². The van der Waals surface area contributed by atoms with E-state index >= 15 is 0 Å². The summed E-state index contributed by atoms with van der Waals surface area (Å²) in [6.45, 7) is 32.1. The Hall–Kier alpha value is -7.20. The zero-order chi connectivity index (χ0) is 54.2. The smallest absolute Gasteiger partial charge is 0.135 e. The topological polar surface area (TPSA) is 33.5 Å². The van der Waals surface area contributed by atoms with Gasteiger partial charge in [0.25, 0.3) is 0 Å². The molecule has 1 aliphatic heterocycles. The second-order valence-electron chi connectivity index (χ2n) is 25.2. The Kier molecular flexibility index (Phi) is 14.0. The molecule has 0 fully saturated rings. The van der Waals surface area contributed by atoms with Crippen LogP contribution >= 0.6 is 0 Å².